The Morgan fingerprint density at radius 2 is 0.523 bits per heavy atom. The van der Waals surface area contributed by atoms with Crippen molar-refractivity contribution in [3.05, 3.63) is 0 Å². The van der Waals surface area contributed by atoms with Crippen LogP contribution < -0.4 is 0 Å². The molecule has 0 spiro atoms. The molecule has 2 unspecified atom stereocenters. The van der Waals surface area contributed by atoms with E-state index in [4.69, 9.17) is 37.0 Å². The van der Waals surface area contributed by atoms with Crippen LogP contribution in [0.1, 0.15) is 356 Å². The molecule has 522 valence electrons. The first-order valence-corrected chi connectivity index (χ1v) is 39.1. The summed E-state index contributed by atoms with van der Waals surface area (Å²) in [4.78, 5) is 71.9. The Kier molecular flexibility index (Phi) is 61.1. The van der Waals surface area contributed by atoms with E-state index >= 15 is 0 Å². The maximum Gasteiger partial charge on any atom is 0.472 e. The molecule has 0 aromatic carbocycles. The van der Waals surface area contributed by atoms with Crippen LogP contribution in [0.15, 0.2) is 0 Å². The van der Waals surface area contributed by atoms with Crippen molar-refractivity contribution in [1.29, 1.82) is 0 Å². The van der Waals surface area contributed by atoms with Crippen LogP contribution in [-0.4, -0.2) is 96.7 Å². The molecule has 3 N–H and O–H groups in total. The Bertz CT molecular complexity index is 1700. The van der Waals surface area contributed by atoms with Gasteiger partial charge in [-0.3, -0.25) is 37.3 Å². The third kappa shape index (κ3) is 62.8. The van der Waals surface area contributed by atoms with E-state index in [0.29, 0.717) is 25.7 Å². The molecular formula is C69H134O17P2. The van der Waals surface area contributed by atoms with Crippen molar-refractivity contribution in [2.45, 2.75) is 374 Å². The minimum Gasteiger partial charge on any atom is -0.462 e. The van der Waals surface area contributed by atoms with Gasteiger partial charge in [-0.05, 0) is 31.6 Å². The highest BCUT2D eigenvalue weighted by Crippen LogP contribution is 2.45. The summed E-state index contributed by atoms with van der Waals surface area (Å²) < 4.78 is 67.7. The first kappa shape index (κ1) is 86.1. The van der Waals surface area contributed by atoms with Crippen LogP contribution in [0, 0.1) is 5.92 Å². The van der Waals surface area contributed by atoms with Gasteiger partial charge in [-0.2, -0.15) is 0 Å². The SMILES string of the molecule is CCCCCCCCCCCCCCCCCCCCCCCCC(=O)O[C@H](COC(=O)CCCCCCCCCCCCCCCC(C)C)COP(=O)(O)OC[C@@H](O)COP(=O)(O)OC[C@@H](COC(=O)CCCCCCC)OC(=O)CCCCCCC. The number of unbranched alkanes of at least 4 members (excludes halogenated alkanes) is 41. The second-order valence-corrected chi connectivity index (χ2v) is 28.3. The summed E-state index contributed by atoms with van der Waals surface area (Å²) in [7, 11) is -9.87. The van der Waals surface area contributed by atoms with Crippen LogP contribution in [0.25, 0.3) is 0 Å². The lowest BCUT2D eigenvalue weighted by molar-refractivity contribution is -0.161. The number of rotatable bonds is 69. The van der Waals surface area contributed by atoms with Gasteiger partial charge in [0.1, 0.15) is 19.3 Å². The van der Waals surface area contributed by atoms with E-state index in [1.165, 1.54) is 173 Å². The van der Waals surface area contributed by atoms with Crippen molar-refractivity contribution >= 4 is 39.5 Å². The van der Waals surface area contributed by atoms with E-state index in [-0.39, 0.29) is 25.7 Å². The molecule has 0 saturated heterocycles. The smallest absolute Gasteiger partial charge is 0.462 e. The van der Waals surface area contributed by atoms with Gasteiger partial charge in [0, 0.05) is 25.7 Å². The molecule has 0 amide bonds. The molecule has 88 heavy (non-hydrogen) atoms. The van der Waals surface area contributed by atoms with Gasteiger partial charge >= 0.3 is 39.5 Å². The number of aliphatic hydroxyl groups is 1. The highest BCUT2D eigenvalue weighted by molar-refractivity contribution is 7.47. The summed E-state index contributed by atoms with van der Waals surface area (Å²) in [5.74, 6) is -1.36. The maximum atomic E-state index is 13.0. The second-order valence-electron chi connectivity index (χ2n) is 25.4. The predicted molar refractivity (Wildman–Crippen MR) is 354 cm³/mol. The standard InChI is InChI=1S/C69H134O17P2/c1-6-9-12-15-16-17-18-19-20-21-22-23-24-25-26-27-30-34-37-40-45-50-55-69(74)86-65(59-80-67(72)53-48-44-39-36-33-31-28-29-32-35-38-43-46-51-62(4)5)61-84-88(77,78)82-57-63(70)56-81-87(75,76)83-60-64(85-68(73)54-49-42-14-11-8-3)58-79-66(71)52-47-41-13-10-7-2/h62-65,70H,6-61H2,1-5H3,(H,75,76)(H,77,78)/t63-,64+,65+/m0/s1. The van der Waals surface area contributed by atoms with Crippen LogP contribution in [0.3, 0.4) is 0 Å². The minimum absolute atomic E-state index is 0.0990. The Balaban J connectivity index is 5.03. The monoisotopic (exact) mass is 1300 g/mol. The van der Waals surface area contributed by atoms with Crippen molar-refractivity contribution in [3.63, 3.8) is 0 Å². The molecule has 0 rings (SSSR count). The Hall–Kier alpha value is -1.94. The zero-order valence-corrected chi connectivity index (χ0v) is 58.6. The Morgan fingerprint density at radius 1 is 0.307 bits per heavy atom. The van der Waals surface area contributed by atoms with E-state index < -0.39 is 97.5 Å². The van der Waals surface area contributed by atoms with Crippen molar-refractivity contribution < 1.29 is 80.2 Å². The van der Waals surface area contributed by atoms with Gasteiger partial charge in [0.15, 0.2) is 12.2 Å². The van der Waals surface area contributed by atoms with E-state index in [2.05, 4.69) is 34.6 Å². The molecule has 0 aliphatic heterocycles. The van der Waals surface area contributed by atoms with E-state index in [1.807, 2.05) is 0 Å². The number of hydrogen-bond acceptors (Lipinski definition) is 15. The predicted octanol–water partition coefficient (Wildman–Crippen LogP) is 19.7. The van der Waals surface area contributed by atoms with Gasteiger partial charge in [-0.1, -0.05) is 304 Å². The van der Waals surface area contributed by atoms with Crippen molar-refractivity contribution in [3.8, 4) is 0 Å². The van der Waals surface area contributed by atoms with E-state index in [9.17, 15) is 43.2 Å². The first-order valence-electron chi connectivity index (χ1n) is 36.1. The molecule has 0 aromatic heterocycles. The van der Waals surface area contributed by atoms with Crippen LogP contribution >= 0.6 is 15.6 Å². The molecule has 0 aliphatic rings. The highest BCUT2D eigenvalue weighted by atomic mass is 31.2. The lowest BCUT2D eigenvalue weighted by Gasteiger charge is -2.21. The van der Waals surface area contributed by atoms with Crippen LogP contribution in [0.2, 0.25) is 0 Å². The third-order valence-corrected chi connectivity index (χ3v) is 17.9. The van der Waals surface area contributed by atoms with Crippen LogP contribution in [-0.2, 0) is 65.4 Å². The fourth-order valence-electron chi connectivity index (χ4n) is 10.5. The first-order chi connectivity index (χ1) is 42.5. The number of esters is 4. The van der Waals surface area contributed by atoms with E-state index in [1.54, 1.807) is 0 Å². The number of phosphoric acid groups is 2. The molecule has 5 atom stereocenters. The van der Waals surface area contributed by atoms with Gasteiger partial charge in [-0.25, -0.2) is 9.13 Å². The van der Waals surface area contributed by atoms with Crippen molar-refractivity contribution in [1.82, 2.24) is 0 Å². The van der Waals surface area contributed by atoms with Crippen molar-refractivity contribution in [2.24, 2.45) is 5.92 Å². The number of carbonyl (C=O) groups excluding carboxylic acids is 4. The molecule has 19 heteroatoms. The third-order valence-electron chi connectivity index (χ3n) is 16.0. The number of carbonyl (C=O) groups is 4. The Morgan fingerprint density at radius 3 is 0.773 bits per heavy atom. The highest BCUT2D eigenvalue weighted by Gasteiger charge is 2.30. The number of ether oxygens (including phenoxy) is 4. The van der Waals surface area contributed by atoms with E-state index in [0.717, 1.165) is 102 Å². The summed E-state index contributed by atoms with van der Waals surface area (Å²) in [6.45, 7) is 7.06. The second kappa shape index (κ2) is 62.5. The quantitative estimate of drug-likeness (QED) is 0.0222. The average molecular weight is 1300 g/mol. The number of hydrogen-bond donors (Lipinski definition) is 3. The molecule has 0 fully saturated rings. The molecule has 17 nitrogen and oxygen atoms in total. The number of aliphatic hydroxyl groups excluding tert-OH is 1. The van der Waals surface area contributed by atoms with Crippen molar-refractivity contribution in [2.75, 3.05) is 39.6 Å². The van der Waals surface area contributed by atoms with Crippen LogP contribution in [0.4, 0.5) is 0 Å². The Labute approximate surface area is 537 Å². The van der Waals surface area contributed by atoms with Gasteiger partial charge in [-0.15, -0.1) is 0 Å². The van der Waals surface area contributed by atoms with Crippen LogP contribution in [0.5, 0.6) is 0 Å². The lowest BCUT2D eigenvalue weighted by atomic mass is 10.0. The normalized spacial score (nSPS) is 14.1. The molecule has 0 aromatic rings. The summed E-state index contributed by atoms with van der Waals surface area (Å²) in [5.41, 5.74) is 0. The summed E-state index contributed by atoms with van der Waals surface area (Å²) in [6, 6.07) is 0. The fourth-order valence-corrected chi connectivity index (χ4v) is 12.0. The topological polar surface area (TPSA) is 237 Å². The molecule has 0 saturated carbocycles. The van der Waals surface area contributed by atoms with Gasteiger partial charge < -0.3 is 33.8 Å². The molecular weight excluding hydrogens is 1160 g/mol. The maximum absolute atomic E-state index is 13.0. The van der Waals surface area contributed by atoms with Gasteiger partial charge in [0.2, 0.25) is 0 Å². The van der Waals surface area contributed by atoms with Gasteiger partial charge in [0.25, 0.3) is 0 Å². The fraction of sp³-hybridized carbons (Fsp3) is 0.942. The summed E-state index contributed by atoms with van der Waals surface area (Å²) in [5, 5.41) is 10.5. The minimum atomic E-state index is -4.95. The molecule has 0 bridgehead atoms. The largest absolute Gasteiger partial charge is 0.472 e. The molecule has 0 radical (unpaired) electrons. The molecule has 0 heterocycles. The zero-order valence-electron chi connectivity index (χ0n) is 56.9. The van der Waals surface area contributed by atoms with Gasteiger partial charge in [0.05, 0.1) is 26.4 Å². The summed E-state index contributed by atoms with van der Waals surface area (Å²) >= 11 is 0. The number of phosphoric ester groups is 2. The lowest BCUT2D eigenvalue weighted by Crippen LogP contribution is -2.30. The molecule has 0 aliphatic carbocycles. The average Bonchev–Trinajstić information content (AvgIpc) is 3.59. The zero-order chi connectivity index (χ0) is 64.9. The summed E-state index contributed by atoms with van der Waals surface area (Å²) in [6.07, 6.45) is 49.7.